The third kappa shape index (κ3) is 4.85. The summed E-state index contributed by atoms with van der Waals surface area (Å²) in [5.41, 5.74) is 0.479. The molecule has 2 rings (SSSR count). The lowest BCUT2D eigenvalue weighted by Gasteiger charge is -2.17. The molecule has 1 saturated heterocycles. The zero-order valence-corrected chi connectivity index (χ0v) is 15.1. The molecule has 0 radical (unpaired) electrons. The van der Waals surface area contributed by atoms with Gasteiger partial charge in [0.1, 0.15) is 6.54 Å². The van der Waals surface area contributed by atoms with Crippen molar-refractivity contribution in [2.45, 2.75) is 6.92 Å². The lowest BCUT2D eigenvalue weighted by Crippen LogP contribution is -2.34. The normalized spacial score (nSPS) is 15.1. The van der Waals surface area contributed by atoms with E-state index in [-0.39, 0.29) is 36.1 Å². The molecule has 1 aromatic rings. The van der Waals surface area contributed by atoms with E-state index in [0.29, 0.717) is 5.03 Å². The van der Waals surface area contributed by atoms with E-state index < -0.39 is 17.8 Å². The summed E-state index contributed by atoms with van der Waals surface area (Å²) in [5, 5.41) is 2.94. The molecule has 1 aliphatic heterocycles. The fourth-order valence-corrected chi connectivity index (χ4v) is 3.13. The molecule has 0 unspecified atom stereocenters. The molecular weight excluding hydrogens is 360 g/mol. The summed E-state index contributed by atoms with van der Waals surface area (Å²) in [6.45, 7) is 1.60. The zero-order valence-electron chi connectivity index (χ0n) is 14.3. The molecule has 1 fully saturated rings. The van der Waals surface area contributed by atoms with E-state index in [0.717, 1.165) is 11.8 Å². The number of anilines is 1. The van der Waals surface area contributed by atoms with Crippen LogP contribution in [0.5, 0.6) is 0 Å². The lowest BCUT2D eigenvalue weighted by atomic mass is 10.2. The number of amides is 2. The quantitative estimate of drug-likeness (QED) is 0.589. The maximum Gasteiger partial charge on any atom is 0.339 e. The first kappa shape index (κ1) is 19.5. The second-order valence-electron chi connectivity index (χ2n) is 5.09. The van der Waals surface area contributed by atoms with Crippen LogP contribution >= 0.6 is 11.8 Å². The van der Waals surface area contributed by atoms with E-state index >= 15 is 0 Å². The van der Waals surface area contributed by atoms with Crippen molar-refractivity contribution in [2.75, 3.05) is 31.3 Å². The van der Waals surface area contributed by atoms with Crippen molar-refractivity contribution in [3.8, 4) is 0 Å². The van der Waals surface area contributed by atoms with Crippen LogP contribution in [0.2, 0.25) is 0 Å². The van der Waals surface area contributed by atoms with Gasteiger partial charge in [0.05, 0.1) is 41.8 Å². The topological polar surface area (TPSA) is 102 Å². The van der Waals surface area contributed by atoms with Crippen molar-refractivity contribution in [1.82, 2.24) is 4.90 Å². The number of carbonyl (C=O) groups excluding carboxylic acids is 4. The van der Waals surface area contributed by atoms with Crippen LogP contribution in [0.3, 0.4) is 0 Å². The molecule has 0 aromatic heterocycles. The van der Waals surface area contributed by atoms with Gasteiger partial charge in [-0.15, -0.1) is 0 Å². The highest BCUT2D eigenvalue weighted by Crippen LogP contribution is 2.28. The number of ether oxygens (including phenoxy) is 2. The van der Waals surface area contributed by atoms with E-state index in [1.165, 1.54) is 24.2 Å². The van der Waals surface area contributed by atoms with Gasteiger partial charge in [-0.25, -0.2) is 9.59 Å². The van der Waals surface area contributed by atoms with Crippen molar-refractivity contribution in [3.63, 3.8) is 0 Å². The minimum atomic E-state index is -0.586. The number of carbonyl (C=O) groups is 4. The van der Waals surface area contributed by atoms with Crippen molar-refractivity contribution in [2.24, 2.45) is 0 Å². The maximum absolute atomic E-state index is 12.3. The van der Waals surface area contributed by atoms with Crippen LogP contribution in [0.15, 0.2) is 35.4 Å². The van der Waals surface area contributed by atoms with E-state index in [1.807, 2.05) is 0 Å². The Morgan fingerprint density at radius 1 is 1.31 bits per heavy atom. The molecule has 8 nitrogen and oxygen atoms in total. The number of esters is 2. The first-order valence-electron chi connectivity index (χ1n) is 7.75. The van der Waals surface area contributed by atoms with Gasteiger partial charge in [0.2, 0.25) is 11.8 Å². The Bertz CT molecular complexity index is 761. The smallest absolute Gasteiger partial charge is 0.339 e. The fourth-order valence-electron chi connectivity index (χ4n) is 2.20. The number of para-hydroxylation sites is 1. The van der Waals surface area contributed by atoms with Crippen LogP contribution in [0.25, 0.3) is 0 Å². The maximum atomic E-state index is 12.3. The number of hydrogen-bond acceptors (Lipinski definition) is 7. The van der Waals surface area contributed by atoms with Crippen LogP contribution in [0, 0.1) is 0 Å². The molecule has 0 spiro atoms. The van der Waals surface area contributed by atoms with Gasteiger partial charge in [-0.1, -0.05) is 23.9 Å². The average Bonchev–Trinajstić information content (AvgIpc) is 2.95. The van der Waals surface area contributed by atoms with E-state index in [4.69, 9.17) is 4.74 Å². The third-order valence-electron chi connectivity index (χ3n) is 3.35. The standard InChI is InChI=1S/C17H18N2O6S/c1-3-25-16(22)8-15-19(14(21)10-26-15)9-13(20)18-12-7-5-4-6-11(12)17(23)24-2/h4-8H,3,9-10H2,1-2H3,(H,18,20)/b15-8-. The minimum absolute atomic E-state index is 0.136. The van der Waals surface area contributed by atoms with Gasteiger partial charge in [-0.2, -0.15) is 0 Å². The molecule has 0 saturated carbocycles. The van der Waals surface area contributed by atoms with Crippen LogP contribution in [0.4, 0.5) is 5.69 Å². The molecule has 1 N–H and O–H groups in total. The number of methoxy groups -OCH3 is 1. The first-order valence-corrected chi connectivity index (χ1v) is 8.73. The summed E-state index contributed by atoms with van der Waals surface area (Å²) in [7, 11) is 1.24. The fraction of sp³-hybridized carbons (Fsp3) is 0.294. The number of hydrogen-bond donors (Lipinski definition) is 1. The lowest BCUT2D eigenvalue weighted by molar-refractivity contribution is -0.137. The molecule has 138 valence electrons. The molecule has 1 heterocycles. The zero-order chi connectivity index (χ0) is 19.1. The first-order chi connectivity index (χ1) is 12.5. The Morgan fingerprint density at radius 2 is 2.04 bits per heavy atom. The Hall–Kier alpha value is -2.81. The van der Waals surface area contributed by atoms with Crippen molar-refractivity contribution in [1.29, 1.82) is 0 Å². The molecule has 2 amide bonds. The Kier molecular flexibility index (Phi) is 6.79. The van der Waals surface area contributed by atoms with Gasteiger partial charge in [0.15, 0.2) is 0 Å². The highest BCUT2D eigenvalue weighted by molar-refractivity contribution is 8.04. The monoisotopic (exact) mass is 378 g/mol. The predicted octanol–water partition coefficient (Wildman–Crippen LogP) is 1.39. The molecule has 0 bridgehead atoms. The number of nitrogens with one attached hydrogen (secondary N) is 1. The van der Waals surface area contributed by atoms with Gasteiger partial charge in [-0.05, 0) is 19.1 Å². The summed E-state index contributed by atoms with van der Waals surface area (Å²) >= 11 is 1.16. The van der Waals surface area contributed by atoms with Gasteiger partial charge in [0, 0.05) is 0 Å². The number of benzene rings is 1. The van der Waals surface area contributed by atoms with Crippen LogP contribution in [0.1, 0.15) is 17.3 Å². The predicted molar refractivity (Wildman–Crippen MR) is 95.3 cm³/mol. The molecule has 0 aliphatic carbocycles. The summed E-state index contributed by atoms with van der Waals surface area (Å²) in [4.78, 5) is 48.8. The van der Waals surface area contributed by atoms with Gasteiger partial charge in [-0.3, -0.25) is 14.5 Å². The van der Waals surface area contributed by atoms with Gasteiger partial charge in [0.25, 0.3) is 0 Å². The molecule has 26 heavy (non-hydrogen) atoms. The SMILES string of the molecule is CCOC(=O)/C=C1\SCC(=O)N1CC(=O)Nc1ccccc1C(=O)OC. The summed E-state index contributed by atoms with van der Waals surface area (Å²) < 4.78 is 9.50. The van der Waals surface area contributed by atoms with Crippen LogP contribution in [-0.2, 0) is 23.9 Å². The second-order valence-corrected chi connectivity index (χ2v) is 6.08. The van der Waals surface area contributed by atoms with Crippen molar-refractivity contribution in [3.05, 3.63) is 40.9 Å². The Morgan fingerprint density at radius 3 is 2.73 bits per heavy atom. The minimum Gasteiger partial charge on any atom is -0.465 e. The molecule has 1 aromatic carbocycles. The Labute approximate surface area is 154 Å². The number of thioether (sulfide) groups is 1. The summed E-state index contributed by atoms with van der Waals surface area (Å²) in [6.07, 6.45) is 1.19. The third-order valence-corrected chi connectivity index (χ3v) is 4.37. The van der Waals surface area contributed by atoms with Gasteiger partial charge < -0.3 is 14.8 Å². The van der Waals surface area contributed by atoms with E-state index in [9.17, 15) is 19.2 Å². The summed E-state index contributed by atoms with van der Waals surface area (Å²) in [5.74, 6) is -1.83. The van der Waals surface area contributed by atoms with Gasteiger partial charge >= 0.3 is 11.9 Å². The summed E-state index contributed by atoms with van der Waals surface area (Å²) in [6, 6.07) is 6.37. The van der Waals surface area contributed by atoms with E-state index in [1.54, 1.807) is 25.1 Å². The van der Waals surface area contributed by atoms with Crippen LogP contribution < -0.4 is 5.32 Å². The second kappa shape index (κ2) is 9.04. The molecule has 9 heteroatoms. The van der Waals surface area contributed by atoms with Crippen molar-refractivity contribution < 1.29 is 28.7 Å². The Balaban J connectivity index is 2.10. The molecular formula is C17H18N2O6S. The average molecular weight is 378 g/mol. The number of rotatable bonds is 6. The van der Waals surface area contributed by atoms with Crippen LogP contribution in [-0.4, -0.2) is 54.7 Å². The largest absolute Gasteiger partial charge is 0.465 e. The van der Waals surface area contributed by atoms with E-state index in [2.05, 4.69) is 10.1 Å². The highest BCUT2D eigenvalue weighted by atomic mass is 32.2. The van der Waals surface area contributed by atoms with Crippen molar-refractivity contribution >= 4 is 41.2 Å². The highest BCUT2D eigenvalue weighted by Gasteiger charge is 2.29. The molecule has 1 aliphatic rings. The molecule has 0 atom stereocenters. The number of nitrogens with zero attached hydrogens (tertiary/aromatic N) is 1.